The van der Waals surface area contributed by atoms with Gasteiger partial charge in [-0.1, -0.05) is 22.0 Å². The molecule has 0 aromatic heterocycles. The molecule has 0 heterocycles. The monoisotopic (exact) mass is 433 g/mol. The summed E-state index contributed by atoms with van der Waals surface area (Å²) in [5.74, 6) is 2.02. The molecule has 2 rings (SSSR count). The maximum absolute atomic E-state index is 12.4. The minimum atomic E-state index is -0.0718. The molecule has 27 heavy (non-hydrogen) atoms. The largest absolute Gasteiger partial charge is 0.496 e. The Morgan fingerprint density at radius 3 is 2.33 bits per heavy atom. The molecule has 0 atom stereocenters. The van der Waals surface area contributed by atoms with E-state index >= 15 is 0 Å². The zero-order valence-corrected chi connectivity index (χ0v) is 17.6. The predicted molar refractivity (Wildman–Crippen MR) is 111 cm³/mol. The molecule has 0 saturated heterocycles. The van der Waals surface area contributed by atoms with Crippen LogP contribution in [-0.4, -0.2) is 45.7 Å². The number of nitrogens with zero attached hydrogens (tertiary/aromatic N) is 1. The fourth-order valence-electron chi connectivity index (χ4n) is 2.57. The Morgan fingerprint density at radius 1 is 1.00 bits per heavy atom. The first-order valence-electron chi connectivity index (χ1n) is 8.46. The summed E-state index contributed by atoms with van der Waals surface area (Å²) < 4.78 is 16.8. The van der Waals surface area contributed by atoms with E-state index in [9.17, 15) is 4.79 Å². The van der Waals surface area contributed by atoms with Crippen LogP contribution in [0.2, 0.25) is 0 Å². The highest BCUT2D eigenvalue weighted by molar-refractivity contribution is 9.10. The minimum absolute atomic E-state index is 0.0718. The summed E-state index contributed by atoms with van der Waals surface area (Å²) in [5.41, 5.74) is 1.92. The third-order valence-electron chi connectivity index (χ3n) is 4.16. The van der Waals surface area contributed by atoms with Gasteiger partial charge in [-0.3, -0.25) is 4.79 Å². The number of hydrogen-bond acceptors (Lipinski definition) is 4. The molecule has 0 fully saturated rings. The Balaban J connectivity index is 1.99. The van der Waals surface area contributed by atoms with Crippen LogP contribution in [0.15, 0.2) is 46.9 Å². The van der Waals surface area contributed by atoms with Gasteiger partial charge in [0.25, 0.3) is 0 Å². The molecule has 0 radical (unpaired) electrons. The number of methoxy groups -OCH3 is 3. The van der Waals surface area contributed by atoms with E-state index in [1.807, 2.05) is 36.4 Å². The van der Waals surface area contributed by atoms with Crippen LogP contribution < -0.4 is 14.2 Å². The zero-order chi connectivity index (χ0) is 19.8. The first kappa shape index (κ1) is 20.8. The van der Waals surface area contributed by atoms with Crippen molar-refractivity contribution in [3.63, 3.8) is 0 Å². The third-order valence-corrected chi connectivity index (χ3v) is 4.65. The highest BCUT2D eigenvalue weighted by Gasteiger charge is 2.09. The van der Waals surface area contributed by atoms with E-state index in [1.165, 1.54) is 0 Å². The number of carbonyl (C=O) groups is 1. The van der Waals surface area contributed by atoms with Gasteiger partial charge in [0.05, 0.1) is 21.3 Å². The van der Waals surface area contributed by atoms with Gasteiger partial charge in [-0.15, -0.1) is 0 Å². The molecule has 0 spiro atoms. The van der Waals surface area contributed by atoms with Crippen molar-refractivity contribution in [1.29, 1.82) is 0 Å². The number of hydrogen-bond donors (Lipinski definition) is 0. The fraction of sp³-hybridized carbons (Fsp3) is 0.286. The van der Waals surface area contributed by atoms with E-state index in [1.54, 1.807) is 45.4 Å². The van der Waals surface area contributed by atoms with Crippen molar-refractivity contribution in [2.75, 3.05) is 34.9 Å². The lowest BCUT2D eigenvalue weighted by Crippen LogP contribution is -2.27. The molecule has 0 aliphatic carbocycles. The lowest BCUT2D eigenvalue weighted by atomic mass is 10.1. The first-order chi connectivity index (χ1) is 13.0. The molecule has 2 aromatic rings. The van der Waals surface area contributed by atoms with E-state index in [4.69, 9.17) is 14.2 Å². The van der Waals surface area contributed by atoms with Crippen LogP contribution in [0.25, 0.3) is 6.08 Å². The molecule has 5 nitrogen and oxygen atoms in total. The van der Waals surface area contributed by atoms with Crippen molar-refractivity contribution >= 4 is 27.9 Å². The van der Waals surface area contributed by atoms with E-state index < -0.39 is 0 Å². The van der Waals surface area contributed by atoms with Gasteiger partial charge in [0.15, 0.2) is 11.5 Å². The molecule has 0 aliphatic heterocycles. The molecule has 6 heteroatoms. The number of rotatable bonds is 8. The van der Waals surface area contributed by atoms with Gasteiger partial charge in [-0.25, -0.2) is 0 Å². The number of benzene rings is 2. The van der Waals surface area contributed by atoms with E-state index in [0.29, 0.717) is 18.0 Å². The Bertz CT molecular complexity index is 820. The lowest BCUT2D eigenvalue weighted by molar-refractivity contribution is -0.124. The quantitative estimate of drug-likeness (QED) is 0.585. The Kier molecular flexibility index (Phi) is 7.73. The standard InChI is InChI=1S/C21H24BrNO4/c1-23(12-11-15-5-8-19(26-3)20(13-15)27-4)21(24)10-6-16-14-17(22)7-9-18(16)25-2/h5-10,13-14H,11-12H2,1-4H3. The van der Waals surface area contributed by atoms with E-state index in [-0.39, 0.29) is 5.91 Å². The van der Waals surface area contributed by atoms with Gasteiger partial charge in [-0.2, -0.15) is 0 Å². The normalized spacial score (nSPS) is 10.7. The summed E-state index contributed by atoms with van der Waals surface area (Å²) in [6, 6.07) is 11.4. The second-order valence-electron chi connectivity index (χ2n) is 5.92. The van der Waals surface area contributed by atoms with Crippen LogP contribution in [0.3, 0.4) is 0 Å². The van der Waals surface area contributed by atoms with Gasteiger partial charge < -0.3 is 19.1 Å². The average molecular weight is 434 g/mol. The Labute approximate surface area is 168 Å². The van der Waals surface area contributed by atoms with Crippen molar-refractivity contribution < 1.29 is 19.0 Å². The zero-order valence-electron chi connectivity index (χ0n) is 16.0. The Morgan fingerprint density at radius 2 is 1.67 bits per heavy atom. The molecule has 1 amide bonds. The maximum Gasteiger partial charge on any atom is 0.246 e. The lowest BCUT2D eigenvalue weighted by Gasteiger charge is -2.16. The van der Waals surface area contributed by atoms with Gasteiger partial charge in [0, 0.05) is 29.7 Å². The molecular formula is C21H24BrNO4. The maximum atomic E-state index is 12.4. The highest BCUT2D eigenvalue weighted by atomic mass is 79.9. The number of likely N-dealkylation sites (N-methyl/N-ethyl adjacent to an activating group) is 1. The summed E-state index contributed by atoms with van der Waals surface area (Å²) in [6.07, 6.45) is 4.04. The van der Waals surface area contributed by atoms with E-state index in [2.05, 4.69) is 15.9 Å². The summed E-state index contributed by atoms with van der Waals surface area (Å²) in [5, 5.41) is 0. The average Bonchev–Trinajstić information content (AvgIpc) is 2.69. The number of carbonyl (C=O) groups excluding carboxylic acids is 1. The van der Waals surface area contributed by atoms with Crippen molar-refractivity contribution in [1.82, 2.24) is 4.90 Å². The molecule has 0 saturated carbocycles. The SMILES string of the molecule is COc1ccc(Br)cc1C=CC(=O)N(C)CCc1ccc(OC)c(OC)c1. The van der Waals surface area contributed by atoms with Gasteiger partial charge >= 0.3 is 0 Å². The molecule has 0 bridgehead atoms. The molecule has 144 valence electrons. The van der Waals surface area contributed by atoms with Crippen LogP contribution in [-0.2, 0) is 11.2 Å². The summed E-state index contributed by atoms with van der Waals surface area (Å²) in [7, 11) is 6.61. The van der Waals surface area contributed by atoms with Gasteiger partial charge in [-0.05, 0) is 48.4 Å². The number of amides is 1. The predicted octanol–water partition coefficient (Wildman–Crippen LogP) is 4.19. The number of ether oxygens (including phenoxy) is 3. The summed E-state index contributed by atoms with van der Waals surface area (Å²) in [4.78, 5) is 14.1. The minimum Gasteiger partial charge on any atom is -0.496 e. The van der Waals surface area contributed by atoms with Crippen LogP contribution >= 0.6 is 15.9 Å². The summed E-state index contributed by atoms with van der Waals surface area (Å²) >= 11 is 3.43. The second kappa shape index (κ2) is 10.0. The van der Waals surface area contributed by atoms with Crippen molar-refractivity contribution in [2.24, 2.45) is 0 Å². The van der Waals surface area contributed by atoms with Crippen LogP contribution in [0, 0.1) is 0 Å². The fourth-order valence-corrected chi connectivity index (χ4v) is 2.95. The molecule has 0 aliphatic rings. The third kappa shape index (κ3) is 5.76. The smallest absolute Gasteiger partial charge is 0.246 e. The first-order valence-corrected chi connectivity index (χ1v) is 9.25. The molecular weight excluding hydrogens is 410 g/mol. The summed E-state index contributed by atoms with van der Waals surface area (Å²) in [6.45, 7) is 0.592. The molecule has 2 aromatic carbocycles. The second-order valence-corrected chi connectivity index (χ2v) is 6.83. The van der Waals surface area contributed by atoms with Gasteiger partial charge in [0.1, 0.15) is 5.75 Å². The number of halogens is 1. The van der Waals surface area contributed by atoms with Crippen molar-refractivity contribution in [3.05, 3.63) is 58.1 Å². The van der Waals surface area contributed by atoms with Crippen molar-refractivity contribution in [2.45, 2.75) is 6.42 Å². The van der Waals surface area contributed by atoms with Gasteiger partial charge in [0.2, 0.25) is 5.91 Å². The Hall–Kier alpha value is -2.47. The van der Waals surface area contributed by atoms with Crippen LogP contribution in [0.1, 0.15) is 11.1 Å². The molecule has 0 unspecified atom stereocenters. The van der Waals surface area contributed by atoms with Crippen LogP contribution in [0.5, 0.6) is 17.2 Å². The highest BCUT2D eigenvalue weighted by Crippen LogP contribution is 2.28. The molecule has 0 N–H and O–H groups in total. The van der Waals surface area contributed by atoms with Crippen LogP contribution in [0.4, 0.5) is 0 Å². The van der Waals surface area contributed by atoms with Crippen molar-refractivity contribution in [3.8, 4) is 17.2 Å². The topological polar surface area (TPSA) is 48.0 Å². The van der Waals surface area contributed by atoms with E-state index in [0.717, 1.165) is 27.8 Å².